The first-order chi connectivity index (χ1) is 12.6. The molecule has 0 unspecified atom stereocenters. The van der Waals surface area contributed by atoms with Crippen LogP contribution in [0.4, 0.5) is 10.8 Å². The summed E-state index contributed by atoms with van der Waals surface area (Å²) in [6.45, 7) is 0. The van der Waals surface area contributed by atoms with Gasteiger partial charge in [0.25, 0.3) is 0 Å². The summed E-state index contributed by atoms with van der Waals surface area (Å²) >= 11 is 1.30. The minimum Gasteiger partial charge on any atom is -0.545 e. The lowest BCUT2D eigenvalue weighted by Crippen LogP contribution is -2.22. The maximum Gasteiger partial charge on any atom is 0.345 e. The maximum absolute atomic E-state index is 12.2. The summed E-state index contributed by atoms with van der Waals surface area (Å²) in [6.07, 6.45) is 0. The molecule has 0 atom stereocenters. The average Bonchev–Trinajstić information content (AvgIpc) is 3.09. The van der Waals surface area contributed by atoms with E-state index in [1.54, 1.807) is 35.7 Å². The van der Waals surface area contributed by atoms with E-state index in [1.165, 1.54) is 23.5 Å². The van der Waals surface area contributed by atoms with Crippen LogP contribution in [0.15, 0.2) is 69.2 Å². The van der Waals surface area contributed by atoms with Gasteiger partial charge in [-0.1, -0.05) is 30.3 Å². The van der Waals surface area contributed by atoms with Crippen molar-refractivity contribution in [3.63, 3.8) is 0 Å². The largest absolute Gasteiger partial charge is 0.545 e. The van der Waals surface area contributed by atoms with Crippen molar-refractivity contribution in [2.75, 3.05) is 5.32 Å². The molecule has 0 spiro atoms. The normalized spacial score (nSPS) is 10.8. The number of nitrogens with zero attached hydrogens (tertiary/aromatic N) is 1. The van der Waals surface area contributed by atoms with Crippen LogP contribution >= 0.6 is 11.3 Å². The molecule has 0 saturated heterocycles. The van der Waals surface area contributed by atoms with Crippen LogP contribution in [0.25, 0.3) is 22.2 Å². The fourth-order valence-electron chi connectivity index (χ4n) is 2.54. The molecule has 0 amide bonds. The molecular weight excluding hydrogens is 352 g/mol. The van der Waals surface area contributed by atoms with Crippen molar-refractivity contribution >= 4 is 39.1 Å². The molecule has 2 aromatic heterocycles. The van der Waals surface area contributed by atoms with Gasteiger partial charge in [-0.2, -0.15) is 0 Å². The highest BCUT2D eigenvalue weighted by Gasteiger charge is 2.12. The topological polar surface area (TPSA) is 95.3 Å². The van der Waals surface area contributed by atoms with Gasteiger partial charge in [-0.3, -0.25) is 0 Å². The third-order valence-electron chi connectivity index (χ3n) is 3.77. The first-order valence-electron chi connectivity index (χ1n) is 7.67. The zero-order valence-electron chi connectivity index (χ0n) is 13.3. The first kappa shape index (κ1) is 16.0. The molecule has 26 heavy (non-hydrogen) atoms. The molecule has 0 bridgehead atoms. The van der Waals surface area contributed by atoms with E-state index in [9.17, 15) is 14.7 Å². The lowest BCUT2D eigenvalue weighted by atomic mass is 10.1. The lowest BCUT2D eigenvalue weighted by molar-refractivity contribution is -0.255. The number of fused-ring (bicyclic) bond motifs is 1. The van der Waals surface area contributed by atoms with Crippen molar-refractivity contribution in [3.8, 4) is 11.3 Å². The number of benzene rings is 2. The molecule has 4 rings (SSSR count). The van der Waals surface area contributed by atoms with Crippen LogP contribution in [-0.2, 0) is 0 Å². The summed E-state index contributed by atoms with van der Waals surface area (Å²) in [5.74, 6) is -1.25. The van der Waals surface area contributed by atoms with Crippen molar-refractivity contribution in [1.82, 2.24) is 4.98 Å². The maximum atomic E-state index is 12.2. The summed E-state index contributed by atoms with van der Waals surface area (Å²) < 4.78 is 5.33. The van der Waals surface area contributed by atoms with Gasteiger partial charge < -0.3 is 19.6 Å². The first-order valence-corrected chi connectivity index (χ1v) is 8.55. The number of hydrogen-bond donors (Lipinski definition) is 1. The van der Waals surface area contributed by atoms with Crippen LogP contribution in [0.3, 0.4) is 0 Å². The van der Waals surface area contributed by atoms with Crippen LogP contribution in [0.5, 0.6) is 0 Å². The molecule has 2 aromatic carbocycles. The summed E-state index contributed by atoms with van der Waals surface area (Å²) in [5, 5.41) is 17.1. The molecular formula is C19H11N2O4S-. The molecule has 0 radical (unpaired) electrons. The van der Waals surface area contributed by atoms with Gasteiger partial charge in [0, 0.05) is 16.5 Å². The van der Waals surface area contributed by atoms with Crippen LogP contribution < -0.4 is 16.0 Å². The van der Waals surface area contributed by atoms with E-state index < -0.39 is 11.6 Å². The van der Waals surface area contributed by atoms with Crippen LogP contribution in [0, 0.1) is 0 Å². The second-order valence-corrected chi connectivity index (χ2v) is 6.37. The molecule has 0 aliphatic heterocycles. The highest BCUT2D eigenvalue weighted by molar-refractivity contribution is 7.14. The van der Waals surface area contributed by atoms with Gasteiger partial charge in [0.1, 0.15) is 5.58 Å². The van der Waals surface area contributed by atoms with Crippen LogP contribution in [0.2, 0.25) is 0 Å². The second-order valence-electron chi connectivity index (χ2n) is 5.52. The van der Waals surface area contributed by atoms with Gasteiger partial charge >= 0.3 is 5.63 Å². The molecule has 6 nitrogen and oxygen atoms in total. The number of carbonyl (C=O) groups is 1. The Kier molecular flexibility index (Phi) is 3.98. The molecule has 4 aromatic rings. The number of anilines is 2. The molecule has 128 valence electrons. The molecule has 1 N–H and O–H groups in total. The number of rotatable bonds is 4. The minimum absolute atomic E-state index is 0.0713. The zero-order valence-corrected chi connectivity index (χ0v) is 14.1. The number of thiazole rings is 1. The summed E-state index contributed by atoms with van der Waals surface area (Å²) in [6, 6.07) is 15.3. The van der Waals surface area contributed by atoms with Gasteiger partial charge in [0.05, 0.1) is 17.2 Å². The molecule has 0 fully saturated rings. The molecule has 2 heterocycles. The molecule has 0 saturated carbocycles. The van der Waals surface area contributed by atoms with Crippen molar-refractivity contribution in [1.29, 1.82) is 0 Å². The van der Waals surface area contributed by atoms with Gasteiger partial charge in [0.2, 0.25) is 0 Å². The number of hydrogen-bond acceptors (Lipinski definition) is 7. The van der Waals surface area contributed by atoms with Gasteiger partial charge in [-0.25, -0.2) is 9.78 Å². The molecule has 0 aliphatic rings. The van der Waals surface area contributed by atoms with E-state index in [-0.39, 0.29) is 5.56 Å². The van der Waals surface area contributed by atoms with E-state index in [0.29, 0.717) is 27.7 Å². The molecule has 7 heteroatoms. The fourth-order valence-corrected chi connectivity index (χ4v) is 3.27. The number of nitrogens with one attached hydrogen (secondary N) is 1. The van der Waals surface area contributed by atoms with Gasteiger partial charge in [0.15, 0.2) is 5.13 Å². The highest BCUT2D eigenvalue weighted by Crippen LogP contribution is 2.27. The summed E-state index contributed by atoms with van der Waals surface area (Å²) in [5.41, 5.74) is 1.57. The Balaban J connectivity index is 1.66. The monoisotopic (exact) mass is 363 g/mol. The molecule has 0 aliphatic carbocycles. The van der Waals surface area contributed by atoms with Gasteiger partial charge in [-0.15, -0.1) is 11.3 Å². The third-order valence-corrected chi connectivity index (χ3v) is 4.53. The number of para-hydroxylation sites is 1. The quantitative estimate of drug-likeness (QED) is 0.560. The standard InChI is InChI=1S/C19H12N2O4S/c22-17(23)12-5-3-6-13(8-12)20-19-21-15(10-26-19)14-9-11-4-1-2-7-16(11)25-18(14)24/h1-10H,(H,20,21)(H,22,23)/p-1. The van der Waals surface area contributed by atoms with Crippen molar-refractivity contribution in [2.24, 2.45) is 0 Å². The van der Waals surface area contributed by atoms with E-state index in [0.717, 1.165) is 5.39 Å². The average molecular weight is 363 g/mol. The van der Waals surface area contributed by atoms with E-state index in [2.05, 4.69) is 10.3 Å². The minimum atomic E-state index is -1.25. The number of aromatic carboxylic acids is 1. The van der Waals surface area contributed by atoms with Crippen molar-refractivity contribution < 1.29 is 14.3 Å². The Bertz CT molecular complexity index is 1180. The lowest BCUT2D eigenvalue weighted by Gasteiger charge is -2.06. The number of carboxylic acid groups (broad SMARTS) is 1. The predicted molar refractivity (Wildman–Crippen MR) is 97.6 cm³/mol. The number of carbonyl (C=O) groups excluding carboxylic acids is 1. The van der Waals surface area contributed by atoms with Gasteiger partial charge in [-0.05, 0) is 29.8 Å². The number of carboxylic acids is 1. The zero-order chi connectivity index (χ0) is 18.1. The van der Waals surface area contributed by atoms with Crippen molar-refractivity contribution in [3.05, 3.63) is 76.0 Å². The second kappa shape index (κ2) is 6.45. The van der Waals surface area contributed by atoms with Crippen LogP contribution in [-0.4, -0.2) is 11.0 Å². The Morgan fingerprint density at radius 3 is 2.81 bits per heavy atom. The Hall–Kier alpha value is -3.45. The fraction of sp³-hybridized carbons (Fsp3) is 0. The number of aromatic nitrogens is 1. The van der Waals surface area contributed by atoms with E-state index in [1.807, 2.05) is 12.1 Å². The third kappa shape index (κ3) is 3.07. The van der Waals surface area contributed by atoms with Crippen molar-refractivity contribution in [2.45, 2.75) is 0 Å². The van der Waals surface area contributed by atoms with E-state index >= 15 is 0 Å². The highest BCUT2D eigenvalue weighted by atomic mass is 32.1. The van der Waals surface area contributed by atoms with Crippen LogP contribution in [0.1, 0.15) is 10.4 Å². The van der Waals surface area contributed by atoms with E-state index in [4.69, 9.17) is 4.42 Å². The SMILES string of the molecule is O=C([O-])c1cccc(Nc2nc(-c3cc4ccccc4oc3=O)cs2)c1. The Labute approximate surface area is 151 Å². The smallest absolute Gasteiger partial charge is 0.345 e. The Morgan fingerprint density at radius 1 is 1.12 bits per heavy atom. The Morgan fingerprint density at radius 2 is 1.96 bits per heavy atom. The summed E-state index contributed by atoms with van der Waals surface area (Å²) in [7, 11) is 0. The predicted octanol–water partition coefficient (Wildman–Crippen LogP) is 3.02. The summed E-state index contributed by atoms with van der Waals surface area (Å²) in [4.78, 5) is 27.6.